The Balaban J connectivity index is 2.09. The summed E-state index contributed by atoms with van der Waals surface area (Å²) in [6, 6.07) is 18.2. The summed E-state index contributed by atoms with van der Waals surface area (Å²) in [5.74, 6) is -0.305. The van der Waals surface area contributed by atoms with E-state index in [9.17, 15) is 9.90 Å². The van der Waals surface area contributed by atoms with Gasteiger partial charge in [-0.15, -0.1) is 0 Å². The summed E-state index contributed by atoms with van der Waals surface area (Å²) < 4.78 is 10.8. The van der Waals surface area contributed by atoms with Gasteiger partial charge in [0.25, 0.3) is 0 Å². The Labute approximate surface area is 140 Å². The summed E-state index contributed by atoms with van der Waals surface area (Å²) in [6.07, 6.45) is -1.85. The van der Waals surface area contributed by atoms with Gasteiger partial charge in [-0.2, -0.15) is 0 Å². The van der Waals surface area contributed by atoms with E-state index >= 15 is 0 Å². The molecular formula is C19H19NO4. The summed E-state index contributed by atoms with van der Waals surface area (Å²) in [5.41, 5.74) is -0.215. The van der Waals surface area contributed by atoms with Gasteiger partial charge in [-0.3, -0.25) is 0 Å². The summed E-state index contributed by atoms with van der Waals surface area (Å²) in [6.45, 7) is 1.71. The lowest BCUT2D eigenvalue weighted by Crippen LogP contribution is -2.50. The van der Waals surface area contributed by atoms with Crippen molar-refractivity contribution in [2.45, 2.75) is 24.7 Å². The van der Waals surface area contributed by atoms with Crippen molar-refractivity contribution < 1.29 is 19.4 Å². The van der Waals surface area contributed by atoms with E-state index in [1.807, 2.05) is 36.4 Å². The van der Waals surface area contributed by atoms with Gasteiger partial charge < -0.3 is 14.6 Å². The minimum Gasteiger partial charge on any atom is -0.471 e. The molecule has 3 unspecified atom stereocenters. The van der Waals surface area contributed by atoms with E-state index in [1.54, 1.807) is 31.2 Å². The smallest absolute Gasteiger partial charge is 0.340 e. The lowest BCUT2D eigenvalue weighted by molar-refractivity contribution is -0.155. The first-order valence-corrected chi connectivity index (χ1v) is 7.73. The van der Waals surface area contributed by atoms with E-state index in [2.05, 4.69) is 4.99 Å². The van der Waals surface area contributed by atoms with Crippen molar-refractivity contribution >= 4 is 11.9 Å². The fourth-order valence-corrected chi connectivity index (χ4v) is 2.92. The van der Waals surface area contributed by atoms with Crippen molar-refractivity contribution in [3.63, 3.8) is 0 Å². The molecule has 24 heavy (non-hydrogen) atoms. The third-order valence-electron chi connectivity index (χ3n) is 4.26. The number of benzene rings is 2. The highest BCUT2D eigenvalue weighted by molar-refractivity contribution is 5.99. The fourth-order valence-electron chi connectivity index (χ4n) is 2.92. The first-order valence-electron chi connectivity index (χ1n) is 7.73. The van der Waals surface area contributed by atoms with E-state index in [1.165, 1.54) is 7.11 Å². The van der Waals surface area contributed by atoms with Gasteiger partial charge in [-0.05, 0) is 24.6 Å². The number of rotatable bonds is 4. The van der Waals surface area contributed by atoms with Gasteiger partial charge in [0.15, 0.2) is 0 Å². The van der Waals surface area contributed by atoms with Crippen LogP contribution in [0.1, 0.15) is 24.2 Å². The minimum atomic E-state index is -1.54. The van der Waals surface area contributed by atoms with Crippen LogP contribution in [0.25, 0.3) is 0 Å². The van der Waals surface area contributed by atoms with Crippen LogP contribution in [0.4, 0.5) is 0 Å². The zero-order valence-corrected chi connectivity index (χ0v) is 13.5. The van der Waals surface area contributed by atoms with Crippen LogP contribution in [-0.4, -0.2) is 35.7 Å². The Hall–Kier alpha value is -2.66. The highest BCUT2D eigenvalue weighted by atomic mass is 16.5. The molecule has 3 rings (SSSR count). The van der Waals surface area contributed by atoms with Crippen molar-refractivity contribution in [3.8, 4) is 0 Å². The van der Waals surface area contributed by atoms with E-state index in [0.717, 1.165) is 5.56 Å². The number of aliphatic hydroxyl groups excluding tert-OH is 1. The Morgan fingerprint density at radius 3 is 2.33 bits per heavy atom. The molecule has 2 aromatic rings. The maximum absolute atomic E-state index is 12.6. The highest BCUT2D eigenvalue weighted by Crippen LogP contribution is 2.40. The summed E-state index contributed by atoms with van der Waals surface area (Å²) in [5, 5.41) is 10.9. The van der Waals surface area contributed by atoms with Crippen LogP contribution >= 0.6 is 0 Å². The first kappa shape index (κ1) is 16.2. The van der Waals surface area contributed by atoms with Gasteiger partial charge in [0.05, 0.1) is 7.11 Å². The number of nitrogens with zero attached hydrogens (tertiary/aromatic N) is 1. The number of ether oxygens (including phenoxy) is 2. The number of aliphatic hydroxyl groups is 1. The Morgan fingerprint density at radius 2 is 1.75 bits per heavy atom. The molecule has 5 nitrogen and oxygen atoms in total. The molecule has 3 atom stereocenters. The Morgan fingerprint density at radius 1 is 1.17 bits per heavy atom. The average molecular weight is 325 g/mol. The Kier molecular flexibility index (Phi) is 4.36. The molecule has 0 saturated carbocycles. The zero-order valence-electron chi connectivity index (χ0n) is 13.5. The fraction of sp³-hybridized carbons (Fsp3) is 0.263. The van der Waals surface area contributed by atoms with Crippen LogP contribution in [0.3, 0.4) is 0 Å². The third kappa shape index (κ3) is 2.57. The van der Waals surface area contributed by atoms with Crippen LogP contribution in [0.15, 0.2) is 65.7 Å². The number of carbonyl (C=O) groups excluding carboxylic acids is 1. The summed E-state index contributed by atoms with van der Waals surface area (Å²) in [7, 11) is 1.28. The van der Waals surface area contributed by atoms with Crippen LogP contribution < -0.4 is 0 Å². The molecule has 0 saturated heterocycles. The van der Waals surface area contributed by atoms with E-state index in [4.69, 9.17) is 9.47 Å². The Bertz CT molecular complexity index is 744. The molecule has 5 heteroatoms. The number of hydrogen-bond acceptors (Lipinski definition) is 5. The number of methoxy groups -OCH3 is 1. The molecule has 0 aliphatic carbocycles. The highest BCUT2D eigenvalue weighted by Gasteiger charge is 2.57. The lowest BCUT2D eigenvalue weighted by Gasteiger charge is -2.31. The standard InChI is InChI=1S/C19H19NO4/c1-13-19(18(22)23-2,16(21)14-9-5-3-6-10-14)20-17(24-13)15-11-7-4-8-12-15/h3-13,16,21H,1-2H3. The molecule has 1 N–H and O–H groups in total. The lowest BCUT2D eigenvalue weighted by atomic mass is 9.84. The van der Waals surface area contributed by atoms with Gasteiger partial charge in [-0.1, -0.05) is 48.5 Å². The number of hydrogen-bond donors (Lipinski definition) is 1. The van der Waals surface area contributed by atoms with Gasteiger partial charge in [0, 0.05) is 5.56 Å². The molecule has 0 spiro atoms. The molecule has 0 aromatic heterocycles. The van der Waals surface area contributed by atoms with Gasteiger partial charge in [0.1, 0.15) is 12.2 Å². The monoisotopic (exact) mass is 325 g/mol. The molecular weight excluding hydrogens is 306 g/mol. The van der Waals surface area contributed by atoms with E-state index in [0.29, 0.717) is 11.5 Å². The predicted molar refractivity (Wildman–Crippen MR) is 89.7 cm³/mol. The van der Waals surface area contributed by atoms with Gasteiger partial charge >= 0.3 is 5.97 Å². The second kappa shape index (κ2) is 6.45. The van der Waals surface area contributed by atoms with Gasteiger partial charge in [0.2, 0.25) is 11.4 Å². The van der Waals surface area contributed by atoms with Crippen molar-refractivity contribution in [3.05, 3.63) is 71.8 Å². The normalized spacial score (nSPS) is 24.0. The van der Waals surface area contributed by atoms with Crippen LogP contribution in [0.2, 0.25) is 0 Å². The van der Waals surface area contributed by atoms with Crippen molar-refractivity contribution in [1.82, 2.24) is 0 Å². The SMILES string of the molecule is COC(=O)C1(C(O)c2ccccc2)N=C(c2ccccc2)OC1C. The predicted octanol–water partition coefficient (Wildman–Crippen LogP) is 2.50. The van der Waals surface area contributed by atoms with Gasteiger partial charge in [-0.25, -0.2) is 9.79 Å². The minimum absolute atomic E-state index is 0.323. The molecule has 0 fully saturated rings. The van der Waals surface area contributed by atoms with Crippen LogP contribution in [0, 0.1) is 0 Å². The molecule has 124 valence electrons. The summed E-state index contributed by atoms with van der Waals surface area (Å²) in [4.78, 5) is 17.1. The maximum atomic E-state index is 12.6. The number of aliphatic imine (C=N–C) groups is 1. The molecule has 0 radical (unpaired) electrons. The quantitative estimate of drug-likeness (QED) is 0.877. The van der Waals surface area contributed by atoms with E-state index in [-0.39, 0.29) is 0 Å². The van der Waals surface area contributed by atoms with Crippen molar-refractivity contribution in [1.29, 1.82) is 0 Å². The zero-order chi connectivity index (χ0) is 17.2. The van der Waals surface area contributed by atoms with Crippen LogP contribution in [-0.2, 0) is 14.3 Å². The average Bonchev–Trinajstić information content (AvgIpc) is 3.00. The van der Waals surface area contributed by atoms with Crippen molar-refractivity contribution in [2.75, 3.05) is 7.11 Å². The molecule has 1 aliphatic rings. The molecule has 1 aliphatic heterocycles. The molecule has 0 bridgehead atoms. The van der Waals surface area contributed by atoms with E-state index < -0.39 is 23.7 Å². The second-order valence-corrected chi connectivity index (χ2v) is 5.67. The van der Waals surface area contributed by atoms with Crippen molar-refractivity contribution in [2.24, 2.45) is 4.99 Å². The number of esters is 1. The van der Waals surface area contributed by atoms with Crippen LogP contribution in [0.5, 0.6) is 0 Å². The first-order chi connectivity index (χ1) is 11.6. The molecule has 1 heterocycles. The maximum Gasteiger partial charge on any atom is 0.340 e. The number of carbonyl (C=O) groups is 1. The third-order valence-corrected chi connectivity index (χ3v) is 4.26. The summed E-state index contributed by atoms with van der Waals surface area (Å²) >= 11 is 0. The molecule has 2 aromatic carbocycles. The molecule has 0 amide bonds. The second-order valence-electron chi connectivity index (χ2n) is 5.67. The topological polar surface area (TPSA) is 68.1 Å². The largest absolute Gasteiger partial charge is 0.471 e.